The maximum absolute atomic E-state index is 11.6. The molecule has 0 radical (unpaired) electrons. The topological polar surface area (TPSA) is 62.2 Å². The van der Waals surface area contributed by atoms with Crippen LogP contribution in [0.3, 0.4) is 0 Å². The Morgan fingerprint density at radius 2 is 1.93 bits per heavy atom. The first kappa shape index (κ1) is 23.2. The molecule has 2 unspecified atom stereocenters. The van der Waals surface area contributed by atoms with E-state index in [1.165, 1.54) is 11.5 Å². The number of halogens is 1. The van der Waals surface area contributed by atoms with E-state index in [1.807, 2.05) is 31.2 Å². The number of carbonyl (C=O) groups is 1. The van der Waals surface area contributed by atoms with E-state index in [1.54, 1.807) is 0 Å². The summed E-state index contributed by atoms with van der Waals surface area (Å²) in [5, 5.41) is 10.2. The molecule has 0 aliphatic carbocycles. The van der Waals surface area contributed by atoms with Crippen LogP contribution in [-0.2, 0) is 16.1 Å². The van der Waals surface area contributed by atoms with Crippen molar-refractivity contribution in [2.75, 3.05) is 7.11 Å². The van der Waals surface area contributed by atoms with Crippen LogP contribution in [0.2, 0.25) is 0 Å². The molecule has 0 spiro atoms. The van der Waals surface area contributed by atoms with Gasteiger partial charge in [-0.15, -0.1) is 0 Å². The summed E-state index contributed by atoms with van der Waals surface area (Å²) in [7, 11) is 1.39. The largest absolute Gasteiger partial charge is 0.493 e. The smallest absolute Gasteiger partial charge is 0.309 e. The predicted octanol–water partition coefficient (Wildman–Crippen LogP) is 5.33. The number of unbranched alkanes of at least 4 members (excludes halogenated alkanes) is 1. The van der Waals surface area contributed by atoms with Crippen molar-refractivity contribution in [1.82, 2.24) is 9.32 Å². The fourth-order valence-electron chi connectivity index (χ4n) is 3.51. The SMILES string of the molecule is CCCCC1N(Cl)C(O)=C(C)N1Cc1ccc(OC(CCC)CC(=O)OC)cc1. The number of hydrogen-bond donors (Lipinski definition) is 1. The van der Waals surface area contributed by atoms with E-state index >= 15 is 0 Å². The predicted molar refractivity (Wildman–Crippen MR) is 114 cm³/mol. The van der Waals surface area contributed by atoms with Crippen LogP contribution in [0.15, 0.2) is 35.8 Å². The molecule has 1 heterocycles. The van der Waals surface area contributed by atoms with Gasteiger partial charge in [0.2, 0.25) is 5.88 Å². The second kappa shape index (κ2) is 11.2. The van der Waals surface area contributed by atoms with Gasteiger partial charge >= 0.3 is 5.97 Å². The van der Waals surface area contributed by atoms with Crippen LogP contribution in [0.25, 0.3) is 0 Å². The summed E-state index contributed by atoms with van der Waals surface area (Å²) in [6, 6.07) is 7.86. The summed E-state index contributed by atoms with van der Waals surface area (Å²) < 4.78 is 12.2. The summed E-state index contributed by atoms with van der Waals surface area (Å²) in [5.41, 5.74) is 1.88. The van der Waals surface area contributed by atoms with Crippen molar-refractivity contribution < 1.29 is 19.4 Å². The van der Waals surface area contributed by atoms with Crippen LogP contribution < -0.4 is 4.74 Å². The molecule has 0 saturated carbocycles. The minimum Gasteiger partial charge on any atom is -0.493 e. The van der Waals surface area contributed by atoms with E-state index in [4.69, 9.17) is 21.3 Å². The van der Waals surface area contributed by atoms with Crippen LogP contribution in [0.1, 0.15) is 64.9 Å². The van der Waals surface area contributed by atoms with Gasteiger partial charge in [-0.2, -0.15) is 0 Å². The van der Waals surface area contributed by atoms with Gasteiger partial charge in [0.25, 0.3) is 0 Å². The van der Waals surface area contributed by atoms with Crippen LogP contribution >= 0.6 is 11.8 Å². The number of rotatable bonds is 11. The third-order valence-electron chi connectivity index (χ3n) is 5.21. The highest BCUT2D eigenvalue weighted by Gasteiger charge is 2.35. The van der Waals surface area contributed by atoms with Gasteiger partial charge in [-0.25, -0.2) is 4.42 Å². The van der Waals surface area contributed by atoms with Crippen molar-refractivity contribution in [3.63, 3.8) is 0 Å². The average Bonchev–Trinajstić information content (AvgIpc) is 2.91. The van der Waals surface area contributed by atoms with E-state index in [-0.39, 0.29) is 30.5 Å². The number of allylic oxidation sites excluding steroid dienone is 1. The molecule has 7 heteroatoms. The molecule has 162 valence electrons. The minimum atomic E-state index is -0.264. The standard InChI is InChI=1S/C22H33ClN2O4/c1-5-7-9-20-24(16(3)22(27)25(20)23)15-17-10-12-18(13-11-17)29-19(8-6-2)14-21(26)28-4/h10-13,19-20,27H,5-9,14-15H2,1-4H3. The Labute approximate surface area is 179 Å². The molecule has 0 amide bonds. The van der Waals surface area contributed by atoms with E-state index in [9.17, 15) is 9.90 Å². The number of methoxy groups -OCH3 is 1. The highest BCUT2D eigenvalue weighted by Crippen LogP contribution is 2.33. The van der Waals surface area contributed by atoms with Crippen LogP contribution in [0.5, 0.6) is 5.75 Å². The highest BCUT2D eigenvalue weighted by molar-refractivity contribution is 6.14. The zero-order valence-corrected chi connectivity index (χ0v) is 18.6. The third-order valence-corrected chi connectivity index (χ3v) is 5.59. The molecule has 1 aliphatic rings. The maximum Gasteiger partial charge on any atom is 0.309 e. The second-order valence-electron chi connectivity index (χ2n) is 7.42. The first-order valence-corrected chi connectivity index (χ1v) is 10.7. The number of nitrogens with zero attached hydrogens (tertiary/aromatic N) is 2. The number of aliphatic hydroxyl groups excluding tert-OH is 1. The number of esters is 1. The lowest BCUT2D eigenvalue weighted by Crippen LogP contribution is -2.35. The molecule has 0 saturated heterocycles. The van der Waals surface area contributed by atoms with Gasteiger partial charge in [0.15, 0.2) is 0 Å². The van der Waals surface area contributed by atoms with Gasteiger partial charge in [-0.05, 0) is 43.9 Å². The van der Waals surface area contributed by atoms with Gasteiger partial charge in [0.05, 0.1) is 19.2 Å². The molecule has 1 N–H and O–H groups in total. The molecule has 0 fully saturated rings. The van der Waals surface area contributed by atoms with Crippen molar-refractivity contribution in [2.24, 2.45) is 0 Å². The van der Waals surface area contributed by atoms with Gasteiger partial charge in [0, 0.05) is 18.3 Å². The van der Waals surface area contributed by atoms with E-state index < -0.39 is 0 Å². The number of aliphatic hydroxyl groups is 1. The molecule has 1 aromatic rings. The lowest BCUT2D eigenvalue weighted by Gasteiger charge is -2.30. The first-order valence-electron chi connectivity index (χ1n) is 10.3. The summed E-state index contributed by atoms with van der Waals surface area (Å²) >= 11 is 6.31. The summed E-state index contributed by atoms with van der Waals surface area (Å²) in [6.45, 7) is 6.74. The van der Waals surface area contributed by atoms with Crippen LogP contribution in [-0.4, -0.2) is 39.8 Å². The fourth-order valence-corrected chi connectivity index (χ4v) is 3.83. The normalized spacial score (nSPS) is 17.6. The molecule has 1 aromatic carbocycles. The third kappa shape index (κ3) is 6.20. The van der Waals surface area contributed by atoms with E-state index in [0.29, 0.717) is 6.54 Å². The molecule has 2 rings (SSSR count). The van der Waals surface area contributed by atoms with Crippen LogP contribution in [0, 0.1) is 0 Å². The Kier molecular flexibility index (Phi) is 8.96. The Morgan fingerprint density at radius 1 is 1.24 bits per heavy atom. The molecule has 0 aromatic heterocycles. The Bertz CT molecular complexity index is 693. The molecule has 0 bridgehead atoms. The maximum atomic E-state index is 11.6. The Hall–Kier alpha value is -2.08. The number of benzene rings is 1. The molecule has 1 aliphatic heterocycles. The molecular formula is C22H33ClN2O4. The second-order valence-corrected chi connectivity index (χ2v) is 7.79. The van der Waals surface area contributed by atoms with Gasteiger partial charge < -0.3 is 19.5 Å². The summed E-state index contributed by atoms with van der Waals surface area (Å²) in [5.74, 6) is 0.590. The zero-order chi connectivity index (χ0) is 21.4. The van der Waals surface area contributed by atoms with Crippen molar-refractivity contribution in [1.29, 1.82) is 0 Å². The molecule has 2 atom stereocenters. The quantitative estimate of drug-likeness (QED) is 0.382. The minimum absolute atomic E-state index is 0.0541. The van der Waals surface area contributed by atoms with Crippen molar-refractivity contribution >= 4 is 17.7 Å². The van der Waals surface area contributed by atoms with Crippen molar-refractivity contribution in [3.8, 4) is 5.75 Å². The number of ether oxygens (including phenoxy) is 2. The molecule has 29 heavy (non-hydrogen) atoms. The summed E-state index contributed by atoms with van der Waals surface area (Å²) in [4.78, 5) is 13.7. The number of hydrogen-bond acceptors (Lipinski definition) is 6. The number of carbonyl (C=O) groups excluding carboxylic acids is 1. The van der Waals surface area contributed by atoms with E-state index in [0.717, 1.165) is 49.1 Å². The lowest BCUT2D eigenvalue weighted by atomic mass is 10.1. The van der Waals surface area contributed by atoms with Gasteiger partial charge in [-0.1, -0.05) is 38.8 Å². The Balaban J connectivity index is 2.04. The monoisotopic (exact) mass is 424 g/mol. The molecule has 6 nitrogen and oxygen atoms in total. The summed E-state index contributed by atoms with van der Waals surface area (Å²) in [6.07, 6.45) is 4.71. The Morgan fingerprint density at radius 3 is 2.52 bits per heavy atom. The van der Waals surface area contributed by atoms with Crippen molar-refractivity contribution in [3.05, 3.63) is 41.4 Å². The fraction of sp³-hybridized carbons (Fsp3) is 0.591. The van der Waals surface area contributed by atoms with Crippen LogP contribution in [0.4, 0.5) is 0 Å². The van der Waals surface area contributed by atoms with Gasteiger partial charge in [0.1, 0.15) is 18.0 Å². The first-order chi connectivity index (χ1) is 13.9. The van der Waals surface area contributed by atoms with E-state index in [2.05, 4.69) is 18.7 Å². The van der Waals surface area contributed by atoms with Crippen molar-refractivity contribution in [2.45, 2.75) is 78.1 Å². The zero-order valence-electron chi connectivity index (χ0n) is 17.9. The lowest BCUT2D eigenvalue weighted by molar-refractivity contribution is -0.142. The average molecular weight is 425 g/mol. The highest BCUT2D eigenvalue weighted by atomic mass is 35.5. The van der Waals surface area contributed by atoms with Gasteiger partial charge in [-0.3, -0.25) is 4.79 Å². The molecular weight excluding hydrogens is 392 g/mol.